The maximum absolute atomic E-state index is 9.73. The Kier molecular flexibility index (Phi) is 3.36. The lowest BCUT2D eigenvalue weighted by Crippen LogP contribution is -2.42. The van der Waals surface area contributed by atoms with Crippen LogP contribution >= 0.6 is 0 Å². The molecular formula is C18H21NO. The Hall–Kier alpha value is -1.64. The number of fused-ring (bicyclic) bond motifs is 3. The van der Waals surface area contributed by atoms with Crippen molar-refractivity contribution in [2.24, 2.45) is 0 Å². The zero-order valence-electron chi connectivity index (χ0n) is 12.1. The van der Waals surface area contributed by atoms with E-state index in [1.165, 1.54) is 22.3 Å². The molecule has 0 heterocycles. The highest BCUT2D eigenvalue weighted by Crippen LogP contribution is 2.38. The summed E-state index contributed by atoms with van der Waals surface area (Å²) < 4.78 is 0. The van der Waals surface area contributed by atoms with Crippen LogP contribution in [0.15, 0.2) is 42.5 Å². The van der Waals surface area contributed by atoms with Gasteiger partial charge in [0.1, 0.15) is 0 Å². The first kappa shape index (κ1) is 13.3. The lowest BCUT2D eigenvalue weighted by Gasteiger charge is -2.29. The highest BCUT2D eigenvalue weighted by Gasteiger charge is 2.27. The van der Waals surface area contributed by atoms with Gasteiger partial charge in [-0.15, -0.1) is 0 Å². The van der Waals surface area contributed by atoms with Crippen LogP contribution in [0.3, 0.4) is 0 Å². The van der Waals surface area contributed by atoms with Gasteiger partial charge >= 0.3 is 0 Å². The molecule has 0 aromatic heterocycles. The van der Waals surface area contributed by atoms with Crippen molar-refractivity contribution in [1.29, 1.82) is 0 Å². The third-order valence-electron chi connectivity index (χ3n) is 4.31. The Bertz CT molecular complexity index is 635. The van der Waals surface area contributed by atoms with Crippen LogP contribution in [0.25, 0.3) is 11.1 Å². The van der Waals surface area contributed by atoms with Crippen molar-refractivity contribution in [1.82, 2.24) is 5.32 Å². The number of rotatable bonds is 4. The van der Waals surface area contributed by atoms with Gasteiger partial charge in [0.2, 0.25) is 0 Å². The van der Waals surface area contributed by atoms with Crippen molar-refractivity contribution in [3.8, 4) is 11.1 Å². The van der Waals surface area contributed by atoms with E-state index < -0.39 is 0 Å². The van der Waals surface area contributed by atoms with Crippen LogP contribution in [0, 0.1) is 0 Å². The van der Waals surface area contributed by atoms with E-state index in [0.29, 0.717) is 0 Å². The molecule has 0 aliphatic heterocycles. The Morgan fingerprint density at radius 3 is 2.60 bits per heavy atom. The molecule has 1 unspecified atom stereocenters. The number of hydrogen-bond donors (Lipinski definition) is 2. The Balaban J connectivity index is 2.02. The van der Waals surface area contributed by atoms with Gasteiger partial charge in [-0.05, 0) is 47.7 Å². The predicted molar refractivity (Wildman–Crippen MR) is 82.8 cm³/mol. The van der Waals surface area contributed by atoms with Crippen LogP contribution in [0.2, 0.25) is 0 Å². The lowest BCUT2D eigenvalue weighted by atomic mass is 9.90. The van der Waals surface area contributed by atoms with Gasteiger partial charge in [0, 0.05) is 0 Å². The molecule has 0 amide bonds. The SMILES string of the molecule is CCNC(C)(CO)c1ccc2c(c1)Cc1ccccc1-2. The molecule has 0 saturated heterocycles. The van der Waals surface area contributed by atoms with Gasteiger partial charge in [-0.1, -0.05) is 49.4 Å². The molecule has 0 spiro atoms. The van der Waals surface area contributed by atoms with Crippen molar-refractivity contribution in [2.45, 2.75) is 25.8 Å². The zero-order valence-corrected chi connectivity index (χ0v) is 12.1. The summed E-state index contributed by atoms with van der Waals surface area (Å²) in [6.45, 7) is 5.07. The number of likely N-dealkylation sites (N-methyl/N-ethyl adjacent to an activating group) is 1. The standard InChI is InChI=1S/C18H21NO/c1-3-19-18(2,12-20)15-8-9-17-14(11-15)10-13-6-4-5-7-16(13)17/h4-9,11,19-20H,3,10,12H2,1-2H3. The first-order valence-corrected chi connectivity index (χ1v) is 7.25. The Morgan fingerprint density at radius 1 is 1.10 bits per heavy atom. The lowest BCUT2D eigenvalue weighted by molar-refractivity contribution is 0.177. The molecule has 0 bridgehead atoms. The van der Waals surface area contributed by atoms with Crippen molar-refractivity contribution < 1.29 is 5.11 Å². The van der Waals surface area contributed by atoms with Gasteiger partial charge in [-0.3, -0.25) is 0 Å². The molecule has 0 radical (unpaired) electrons. The zero-order chi connectivity index (χ0) is 14.2. The van der Waals surface area contributed by atoms with E-state index in [-0.39, 0.29) is 12.1 Å². The minimum Gasteiger partial charge on any atom is -0.394 e. The predicted octanol–water partition coefficient (Wildman–Crippen LogP) is 3.07. The third-order valence-corrected chi connectivity index (χ3v) is 4.31. The summed E-state index contributed by atoms with van der Waals surface area (Å²) >= 11 is 0. The average Bonchev–Trinajstić information content (AvgIpc) is 2.85. The Morgan fingerprint density at radius 2 is 1.85 bits per heavy atom. The van der Waals surface area contributed by atoms with E-state index in [1.807, 2.05) is 0 Å². The monoisotopic (exact) mass is 267 g/mol. The fraction of sp³-hybridized carbons (Fsp3) is 0.333. The molecule has 104 valence electrons. The molecule has 20 heavy (non-hydrogen) atoms. The Labute approximate surface area is 120 Å². The minimum absolute atomic E-state index is 0.104. The second kappa shape index (κ2) is 5.04. The quantitative estimate of drug-likeness (QED) is 0.761. The molecule has 2 nitrogen and oxygen atoms in total. The molecule has 1 aliphatic rings. The normalized spacial score (nSPS) is 15.6. The summed E-state index contributed by atoms with van der Waals surface area (Å²) in [4.78, 5) is 0. The maximum Gasteiger partial charge on any atom is 0.0652 e. The molecule has 1 atom stereocenters. The summed E-state index contributed by atoms with van der Waals surface area (Å²) in [6.07, 6.45) is 0.993. The molecule has 1 aliphatic carbocycles. The summed E-state index contributed by atoms with van der Waals surface area (Å²) in [5.41, 5.74) is 6.24. The van der Waals surface area contributed by atoms with Crippen LogP contribution in [0.4, 0.5) is 0 Å². The summed E-state index contributed by atoms with van der Waals surface area (Å²) in [5, 5.41) is 13.1. The van der Waals surface area contributed by atoms with Crippen LogP contribution < -0.4 is 5.32 Å². The first-order valence-electron chi connectivity index (χ1n) is 7.25. The van der Waals surface area contributed by atoms with Gasteiger partial charge < -0.3 is 10.4 Å². The smallest absolute Gasteiger partial charge is 0.0652 e. The average molecular weight is 267 g/mol. The second-order valence-electron chi connectivity index (χ2n) is 5.73. The van der Waals surface area contributed by atoms with Crippen LogP contribution in [-0.2, 0) is 12.0 Å². The molecule has 2 aromatic rings. The van der Waals surface area contributed by atoms with Crippen LogP contribution in [-0.4, -0.2) is 18.3 Å². The summed E-state index contributed by atoms with van der Waals surface area (Å²) in [5.74, 6) is 0. The highest BCUT2D eigenvalue weighted by atomic mass is 16.3. The fourth-order valence-corrected chi connectivity index (χ4v) is 3.13. The van der Waals surface area contributed by atoms with Gasteiger partial charge in [0.05, 0.1) is 12.1 Å². The summed E-state index contributed by atoms with van der Waals surface area (Å²) in [7, 11) is 0. The largest absolute Gasteiger partial charge is 0.394 e. The summed E-state index contributed by atoms with van der Waals surface area (Å²) in [6, 6.07) is 15.2. The number of aliphatic hydroxyl groups is 1. The molecule has 2 N–H and O–H groups in total. The van der Waals surface area contributed by atoms with Gasteiger partial charge in [-0.2, -0.15) is 0 Å². The molecule has 2 aromatic carbocycles. The first-order chi connectivity index (χ1) is 9.68. The van der Waals surface area contributed by atoms with Crippen molar-refractivity contribution in [3.63, 3.8) is 0 Å². The fourth-order valence-electron chi connectivity index (χ4n) is 3.13. The van der Waals surface area contributed by atoms with Crippen molar-refractivity contribution >= 4 is 0 Å². The van der Waals surface area contributed by atoms with E-state index in [4.69, 9.17) is 0 Å². The molecule has 2 heteroatoms. The van der Waals surface area contributed by atoms with Gasteiger partial charge in [0.15, 0.2) is 0 Å². The van der Waals surface area contributed by atoms with E-state index in [9.17, 15) is 5.11 Å². The molecule has 0 saturated carbocycles. The molecule has 3 rings (SSSR count). The number of hydrogen-bond acceptors (Lipinski definition) is 2. The third kappa shape index (κ3) is 2.05. The second-order valence-corrected chi connectivity index (χ2v) is 5.73. The van der Waals surface area contributed by atoms with E-state index >= 15 is 0 Å². The number of benzene rings is 2. The van der Waals surface area contributed by atoms with Crippen LogP contribution in [0.1, 0.15) is 30.5 Å². The van der Waals surface area contributed by atoms with Crippen LogP contribution in [0.5, 0.6) is 0 Å². The van der Waals surface area contributed by atoms with Gasteiger partial charge in [0.25, 0.3) is 0 Å². The van der Waals surface area contributed by atoms with Crippen molar-refractivity contribution in [2.75, 3.05) is 13.2 Å². The highest BCUT2D eigenvalue weighted by molar-refractivity contribution is 5.77. The van der Waals surface area contributed by atoms with Gasteiger partial charge in [-0.25, -0.2) is 0 Å². The topological polar surface area (TPSA) is 32.3 Å². The molecular weight excluding hydrogens is 246 g/mol. The van der Waals surface area contributed by atoms with E-state index in [2.05, 4.69) is 61.6 Å². The molecule has 0 fully saturated rings. The minimum atomic E-state index is -0.363. The maximum atomic E-state index is 9.73. The van der Waals surface area contributed by atoms with E-state index in [1.54, 1.807) is 0 Å². The van der Waals surface area contributed by atoms with E-state index in [0.717, 1.165) is 18.5 Å². The number of nitrogens with one attached hydrogen (secondary N) is 1. The van der Waals surface area contributed by atoms with Crippen molar-refractivity contribution in [3.05, 3.63) is 59.2 Å². The number of aliphatic hydroxyl groups excluding tert-OH is 1.